The molecule has 1 atom stereocenters. The lowest BCUT2D eigenvalue weighted by Gasteiger charge is -2.19. The maximum Gasteiger partial charge on any atom is 0.237 e. The van der Waals surface area contributed by atoms with Gasteiger partial charge < -0.3 is 15.4 Å². The Bertz CT molecular complexity index is 431. The summed E-state index contributed by atoms with van der Waals surface area (Å²) < 4.78 is 5.48. The molecule has 0 spiro atoms. The molecule has 1 amide bonds. The first-order valence-corrected chi connectivity index (χ1v) is 7.86. The second-order valence-corrected chi connectivity index (χ2v) is 5.21. The fourth-order valence-corrected chi connectivity index (χ4v) is 2.09. The number of nitrogens with one attached hydrogen (secondary N) is 2. The summed E-state index contributed by atoms with van der Waals surface area (Å²) >= 11 is 0. The quantitative estimate of drug-likeness (QED) is 0.736. The molecular formula is C17H28N2O2. The molecule has 4 heteroatoms. The summed E-state index contributed by atoms with van der Waals surface area (Å²) in [7, 11) is 0. The van der Waals surface area contributed by atoms with Crippen molar-refractivity contribution < 1.29 is 9.53 Å². The third-order valence-corrected chi connectivity index (χ3v) is 3.55. The Kier molecular flexibility index (Phi) is 7.83. The van der Waals surface area contributed by atoms with Gasteiger partial charge in [0.1, 0.15) is 5.75 Å². The second kappa shape index (κ2) is 9.40. The minimum absolute atomic E-state index is 0.0599. The molecule has 1 unspecified atom stereocenters. The van der Waals surface area contributed by atoms with Crippen molar-refractivity contribution in [2.75, 3.05) is 6.61 Å². The zero-order valence-electron chi connectivity index (χ0n) is 13.6. The molecule has 1 aromatic rings. The summed E-state index contributed by atoms with van der Waals surface area (Å²) in [6, 6.07) is 8.00. The third-order valence-electron chi connectivity index (χ3n) is 3.55. The van der Waals surface area contributed by atoms with E-state index >= 15 is 0 Å². The molecule has 0 saturated carbocycles. The van der Waals surface area contributed by atoms with E-state index in [-0.39, 0.29) is 18.0 Å². The van der Waals surface area contributed by atoms with Crippen LogP contribution in [0.1, 0.15) is 46.1 Å². The van der Waals surface area contributed by atoms with Crippen molar-refractivity contribution >= 4 is 5.91 Å². The van der Waals surface area contributed by atoms with Gasteiger partial charge in [-0.15, -0.1) is 0 Å². The summed E-state index contributed by atoms with van der Waals surface area (Å²) in [6.45, 7) is 9.35. The van der Waals surface area contributed by atoms with Crippen LogP contribution in [0.3, 0.4) is 0 Å². The summed E-state index contributed by atoms with van der Waals surface area (Å²) in [5, 5.41) is 6.31. The molecule has 0 bridgehead atoms. The minimum atomic E-state index is -0.207. The highest BCUT2D eigenvalue weighted by molar-refractivity contribution is 5.81. The molecular weight excluding hydrogens is 264 g/mol. The average Bonchev–Trinajstić information content (AvgIpc) is 2.50. The van der Waals surface area contributed by atoms with Crippen LogP contribution in [-0.4, -0.2) is 24.6 Å². The third kappa shape index (κ3) is 6.17. The predicted octanol–water partition coefficient (Wildman–Crippen LogP) is 2.87. The second-order valence-electron chi connectivity index (χ2n) is 5.21. The Morgan fingerprint density at radius 1 is 1.24 bits per heavy atom. The highest BCUT2D eigenvalue weighted by atomic mass is 16.5. The van der Waals surface area contributed by atoms with Crippen LogP contribution >= 0.6 is 0 Å². The molecule has 21 heavy (non-hydrogen) atoms. The van der Waals surface area contributed by atoms with Crippen molar-refractivity contribution in [1.29, 1.82) is 0 Å². The van der Waals surface area contributed by atoms with Crippen LogP contribution in [-0.2, 0) is 11.3 Å². The van der Waals surface area contributed by atoms with Gasteiger partial charge in [0, 0.05) is 12.6 Å². The maximum atomic E-state index is 12.1. The van der Waals surface area contributed by atoms with Crippen LogP contribution in [0.25, 0.3) is 0 Å². The van der Waals surface area contributed by atoms with Crippen LogP contribution in [0.5, 0.6) is 5.75 Å². The van der Waals surface area contributed by atoms with Crippen LogP contribution in [0.2, 0.25) is 0 Å². The monoisotopic (exact) mass is 292 g/mol. The maximum absolute atomic E-state index is 12.1. The Balaban J connectivity index is 2.46. The first-order valence-electron chi connectivity index (χ1n) is 7.86. The number of carbonyl (C=O) groups excluding carboxylic acids is 1. The molecule has 0 aliphatic carbocycles. The van der Waals surface area contributed by atoms with Crippen molar-refractivity contribution in [1.82, 2.24) is 10.6 Å². The zero-order valence-corrected chi connectivity index (χ0v) is 13.6. The zero-order chi connectivity index (χ0) is 15.7. The van der Waals surface area contributed by atoms with Crippen molar-refractivity contribution in [3.63, 3.8) is 0 Å². The molecule has 0 fully saturated rings. The molecule has 0 aromatic heterocycles. The molecule has 4 nitrogen and oxygen atoms in total. The standard InChI is InChI=1S/C17H28N2O2/c1-5-15(6-2)19-17(20)13(4)18-12-14-9-8-10-16(11-14)21-7-3/h8-11,13,15,18H,5-7,12H2,1-4H3,(H,19,20). The van der Waals surface area contributed by atoms with E-state index in [1.54, 1.807) is 0 Å². The fraction of sp³-hybridized carbons (Fsp3) is 0.588. The van der Waals surface area contributed by atoms with Crippen molar-refractivity contribution in [2.45, 2.75) is 59.2 Å². The molecule has 1 aromatic carbocycles. The first-order chi connectivity index (χ1) is 10.1. The first kappa shape index (κ1) is 17.5. The van der Waals surface area contributed by atoms with E-state index in [2.05, 4.69) is 24.5 Å². The van der Waals surface area contributed by atoms with E-state index in [9.17, 15) is 4.79 Å². The molecule has 0 aliphatic rings. The Morgan fingerprint density at radius 2 is 1.95 bits per heavy atom. The predicted molar refractivity (Wildman–Crippen MR) is 86.4 cm³/mol. The summed E-state index contributed by atoms with van der Waals surface area (Å²) in [6.07, 6.45) is 1.93. The van der Waals surface area contributed by atoms with E-state index in [1.807, 2.05) is 38.1 Å². The van der Waals surface area contributed by atoms with Gasteiger partial charge in [0.2, 0.25) is 5.91 Å². The van der Waals surface area contributed by atoms with Gasteiger partial charge in [-0.1, -0.05) is 26.0 Å². The van der Waals surface area contributed by atoms with E-state index in [0.29, 0.717) is 13.2 Å². The number of benzene rings is 1. The molecule has 0 saturated heterocycles. The van der Waals surface area contributed by atoms with Gasteiger partial charge in [-0.2, -0.15) is 0 Å². The average molecular weight is 292 g/mol. The molecule has 0 aliphatic heterocycles. The smallest absolute Gasteiger partial charge is 0.237 e. The van der Waals surface area contributed by atoms with Gasteiger partial charge in [-0.05, 0) is 44.4 Å². The Labute approximate surface area is 128 Å². The summed E-state index contributed by atoms with van der Waals surface area (Å²) in [5.41, 5.74) is 1.11. The van der Waals surface area contributed by atoms with Crippen LogP contribution in [0.15, 0.2) is 24.3 Å². The minimum Gasteiger partial charge on any atom is -0.494 e. The number of rotatable bonds is 9. The van der Waals surface area contributed by atoms with Crippen molar-refractivity contribution in [3.05, 3.63) is 29.8 Å². The van der Waals surface area contributed by atoms with Gasteiger partial charge in [-0.25, -0.2) is 0 Å². The number of amides is 1. The van der Waals surface area contributed by atoms with Gasteiger partial charge in [0.15, 0.2) is 0 Å². The van der Waals surface area contributed by atoms with Crippen LogP contribution < -0.4 is 15.4 Å². The summed E-state index contributed by atoms with van der Waals surface area (Å²) in [4.78, 5) is 12.1. The lowest BCUT2D eigenvalue weighted by atomic mass is 10.1. The normalized spacial score (nSPS) is 12.2. The Hall–Kier alpha value is -1.55. The Morgan fingerprint density at radius 3 is 2.57 bits per heavy atom. The number of carbonyl (C=O) groups is 1. The molecule has 118 valence electrons. The largest absolute Gasteiger partial charge is 0.494 e. The number of ether oxygens (including phenoxy) is 1. The number of hydrogen-bond donors (Lipinski definition) is 2. The lowest BCUT2D eigenvalue weighted by Crippen LogP contribution is -2.45. The SMILES string of the molecule is CCOc1cccc(CNC(C)C(=O)NC(CC)CC)c1. The fourth-order valence-electron chi connectivity index (χ4n) is 2.09. The van der Waals surface area contributed by atoms with Gasteiger partial charge in [0.05, 0.1) is 12.6 Å². The van der Waals surface area contributed by atoms with Gasteiger partial charge in [-0.3, -0.25) is 4.79 Å². The lowest BCUT2D eigenvalue weighted by molar-refractivity contribution is -0.123. The number of hydrogen-bond acceptors (Lipinski definition) is 3. The van der Waals surface area contributed by atoms with Crippen LogP contribution in [0.4, 0.5) is 0 Å². The van der Waals surface area contributed by atoms with Gasteiger partial charge >= 0.3 is 0 Å². The highest BCUT2D eigenvalue weighted by Gasteiger charge is 2.15. The molecule has 1 rings (SSSR count). The van der Waals surface area contributed by atoms with Crippen molar-refractivity contribution in [3.8, 4) is 5.75 Å². The molecule has 0 heterocycles. The highest BCUT2D eigenvalue weighted by Crippen LogP contribution is 2.13. The topological polar surface area (TPSA) is 50.4 Å². The van der Waals surface area contributed by atoms with E-state index in [0.717, 1.165) is 24.2 Å². The van der Waals surface area contributed by atoms with E-state index in [4.69, 9.17) is 4.74 Å². The van der Waals surface area contributed by atoms with Crippen molar-refractivity contribution in [2.24, 2.45) is 0 Å². The van der Waals surface area contributed by atoms with E-state index < -0.39 is 0 Å². The summed E-state index contributed by atoms with van der Waals surface area (Å²) in [5.74, 6) is 0.926. The molecule has 0 radical (unpaired) electrons. The van der Waals surface area contributed by atoms with Crippen LogP contribution in [0, 0.1) is 0 Å². The molecule has 2 N–H and O–H groups in total. The van der Waals surface area contributed by atoms with Gasteiger partial charge in [0.25, 0.3) is 0 Å². The van der Waals surface area contributed by atoms with E-state index in [1.165, 1.54) is 0 Å².